The van der Waals surface area contributed by atoms with Crippen LogP contribution in [-0.2, 0) is 17.8 Å². The van der Waals surface area contributed by atoms with Crippen molar-refractivity contribution in [1.82, 2.24) is 15.2 Å². The van der Waals surface area contributed by atoms with Crippen molar-refractivity contribution in [3.05, 3.63) is 47.8 Å². The SMILES string of the molecule is c1cc(OC2CCN(c3cc4c(nn3)CCOC4)CC2)c2cc[nH]c2c1. The van der Waals surface area contributed by atoms with Gasteiger partial charge in [0.25, 0.3) is 0 Å². The lowest BCUT2D eigenvalue weighted by atomic mass is 10.1. The van der Waals surface area contributed by atoms with Crippen molar-refractivity contribution >= 4 is 16.7 Å². The quantitative estimate of drug-likeness (QED) is 0.786. The summed E-state index contributed by atoms with van der Waals surface area (Å²) in [5.41, 5.74) is 3.38. The summed E-state index contributed by atoms with van der Waals surface area (Å²) in [5, 5.41) is 9.99. The minimum absolute atomic E-state index is 0.237. The average Bonchev–Trinajstić information content (AvgIpc) is 3.18. The second-order valence-corrected chi connectivity index (χ2v) is 6.98. The fourth-order valence-electron chi connectivity index (χ4n) is 3.83. The first-order valence-corrected chi connectivity index (χ1v) is 9.28. The number of hydrogen-bond donors (Lipinski definition) is 1. The van der Waals surface area contributed by atoms with Gasteiger partial charge in [-0.3, -0.25) is 0 Å². The summed E-state index contributed by atoms with van der Waals surface area (Å²) in [7, 11) is 0. The summed E-state index contributed by atoms with van der Waals surface area (Å²) in [6.45, 7) is 3.26. The van der Waals surface area contributed by atoms with Gasteiger partial charge in [0.05, 0.1) is 18.9 Å². The number of aromatic amines is 1. The molecular formula is C20H22N4O2. The first-order chi connectivity index (χ1) is 12.9. The summed E-state index contributed by atoms with van der Waals surface area (Å²) >= 11 is 0. The Bertz CT molecular complexity index is 915. The maximum atomic E-state index is 6.30. The predicted octanol–water partition coefficient (Wildman–Crippen LogP) is 3.08. The Kier molecular flexibility index (Phi) is 3.97. The molecular weight excluding hydrogens is 328 g/mol. The maximum absolute atomic E-state index is 6.30. The molecule has 2 aromatic heterocycles. The topological polar surface area (TPSA) is 63.3 Å². The number of H-pyrrole nitrogens is 1. The minimum atomic E-state index is 0.237. The molecule has 0 atom stereocenters. The van der Waals surface area contributed by atoms with Gasteiger partial charge in [-0.15, -0.1) is 5.10 Å². The number of rotatable bonds is 3. The minimum Gasteiger partial charge on any atom is -0.490 e. The molecule has 4 heterocycles. The molecule has 6 nitrogen and oxygen atoms in total. The Labute approximate surface area is 152 Å². The molecule has 2 aliphatic rings. The molecule has 0 spiro atoms. The average molecular weight is 350 g/mol. The van der Waals surface area contributed by atoms with E-state index >= 15 is 0 Å². The van der Waals surface area contributed by atoms with Crippen LogP contribution in [0.15, 0.2) is 36.5 Å². The van der Waals surface area contributed by atoms with Crippen LogP contribution in [0, 0.1) is 0 Å². The molecule has 2 aliphatic heterocycles. The summed E-state index contributed by atoms with van der Waals surface area (Å²) in [6.07, 6.45) is 5.02. The highest BCUT2D eigenvalue weighted by Gasteiger charge is 2.23. The van der Waals surface area contributed by atoms with E-state index in [1.54, 1.807) is 0 Å². The summed E-state index contributed by atoms with van der Waals surface area (Å²) < 4.78 is 11.8. The van der Waals surface area contributed by atoms with E-state index in [1.165, 1.54) is 5.56 Å². The molecule has 1 N–H and O–H groups in total. The second-order valence-electron chi connectivity index (χ2n) is 6.98. The number of anilines is 1. The highest BCUT2D eigenvalue weighted by molar-refractivity contribution is 5.85. The van der Waals surface area contributed by atoms with Crippen LogP contribution in [0.2, 0.25) is 0 Å². The molecule has 1 aromatic carbocycles. The van der Waals surface area contributed by atoms with E-state index in [0.29, 0.717) is 6.61 Å². The van der Waals surface area contributed by atoms with E-state index < -0.39 is 0 Å². The molecule has 0 bridgehead atoms. The van der Waals surface area contributed by atoms with Crippen LogP contribution >= 0.6 is 0 Å². The van der Waals surface area contributed by atoms with Gasteiger partial charge in [-0.25, -0.2) is 0 Å². The zero-order valence-corrected chi connectivity index (χ0v) is 14.6. The fourth-order valence-corrected chi connectivity index (χ4v) is 3.83. The second kappa shape index (κ2) is 6.61. The van der Waals surface area contributed by atoms with E-state index in [2.05, 4.69) is 44.3 Å². The summed E-state index contributed by atoms with van der Waals surface area (Å²) in [4.78, 5) is 5.54. The van der Waals surface area contributed by atoms with Crippen molar-refractivity contribution in [2.24, 2.45) is 0 Å². The molecule has 134 valence electrons. The van der Waals surface area contributed by atoms with E-state index in [1.807, 2.05) is 12.3 Å². The molecule has 0 amide bonds. The van der Waals surface area contributed by atoms with Crippen LogP contribution in [0.3, 0.4) is 0 Å². The zero-order valence-electron chi connectivity index (χ0n) is 14.6. The lowest BCUT2D eigenvalue weighted by Crippen LogP contribution is -2.39. The largest absolute Gasteiger partial charge is 0.490 e. The van der Waals surface area contributed by atoms with Gasteiger partial charge in [-0.1, -0.05) is 6.07 Å². The number of fused-ring (bicyclic) bond motifs is 2. The molecule has 1 saturated heterocycles. The van der Waals surface area contributed by atoms with Crippen LogP contribution in [0.4, 0.5) is 5.82 Å². The van der Waals surface area contributed by atoms with Gasteiger partial charge in [0.1, 0.15) is 11.9 Å². The van der Waals surface area contributed by atoms with Crippen LogP contribution in [0.1, 0.15) is 24.1 Å². The van der Waals surface area contributed by atoms with Gasteiger partial charge in [0, 0.05) is 55.0 Å². The van der Waals surface area contributed by atoms with E-state index in [-0.39, 0.29) is 6.10 Å². The third kappa shape index (κ3) is 2.90. The number of nitrogens with zero attached hydrogens (tertiary/aromatic N) is 3. The predicted molar refractivity (Wildman–Crippen MR) is 99.6 cm³/mol. The van der Waals surface area contributed by atoms with Crippen LogP contribution in [0.5, 0.6) is 5.75 Å². The lowest BCUT2D eigenvalue weighted by molar-refractivity contribution is 0.108. The first-order valence-electron chi connectivity index (χ1n) is 9.28. The Morgan fingerprint density at radius 2 is 2.08 bits per heavy atom. The Morgan fingerprint density at radius 1 is 1.15 bits per heavy atom. The number of benzene rings is 1. The van der Waals surface area contributed by atoms with Crippen LogP contribution < -0.4 is 9.64 Å². The molecule has 6 heteroatoms. The van der Waals surface area contributed by atoms with Crippen LogP contribution in [0.25, 0.3) is 10.9 Å². The van der Waals surface area contributed by atoms with Crippen molar-refractivity contribution in [3.63, 3.8) is 0 Å². The maximum Gasteiger partial charge on any atom is 0.151 e. The summed E-state index contributed by atoms with van der Waals surface area (Å²) in [5.74, 6) is 1.92. The molecule has 1 fully saturated rings. The fraction of sp³-hybridized carbons (Fsp3) is 0.400. The summed E-state index contributed by atoms with van der Waals surface area (Å²) in [6, 6.07) is 10.4. The number of hydrogen-bond acceptors (Lipinski definition) is 5. The van der Waals surface area contributed by atoms with Gasteiger partial charge in [0.2, 0.25) is 0 Å². The van der Waals surface area contributed by atoms with Gasteiger partial charge < -0.3 is 19.4 Å². The Hall–Kier alpha value is -2.60. The Morgan fingerprint density at radius 3 is 3.00 bits per heavy atom. The van der Waals surface area contributed by atoms with Crippen molar-refractivity contribution < 1.29 is 9.47 Å². The molecule has 0 unspecified atom stereocenters. The molecule has 5 rings (SSSR count). The zero-order chi connectivity index (χ0) is 17.3. The Balaban J connectivity index is 1.26. The molecule has 26 heavy (non-hydrogen) atoms. The third-order valence-corrected chi connectivity index (χ3v) is 5.30. The normalized spacial score (nSPS) is 18.1. The number of ether oxygens (including phenoxy) is 2. The van der Waals surface area contributed by atoms with Crippen molar-refractivity contribution in [2.45, 2.75) is 32.0 Å². The van der Waals surface area contributed by atoms with Gasteiger partial charge >= 0.3 is 0 Å². The van der Waals surface area contributed by atoms with E-state index in [9.17, 15) is 0 Å². The monoisotopic (exact) mass is 350 g/mol. The third-order valence-electron chi connectivity index (χ3n) is 5.30. The first kappa shape index (κ1) is 15.6. The van der Waals surface area contributed by atoms with E-state index in [4.69, 9.17) is 9.47 Å². The van der Waals surface area contributed by atoms with Crippen molar-refractivity contribution in [2.75, 3.05) is 24.6 Å². The van der Waals surface area contributed by atoms with Crippen molar-refractivity contribution in [1.29, 1.82) is 0 Å². The standard InChI is InChI=1S/C20H22N4O2/c1-2-18-16(4-8-21-18)19(3-1)26-15-5-9-24(10-6-15)20-12-14-13-25-11-7-17(14)22-23-20/h1-4,8,12,15,21H,5-7,9-11,13H2. The molecule has 0 saturated carbocycles. The van der Waals surface area contributed by atoms with E-state index in [0.717, 1.165) is 67.1 Å². The molecule has 0 radical (unpaired) electrons. The lowest BCUT2D eigenvalue weighted by Gasteiger charge is -2.33. The number of piperidine rings is 1. The number of aromatic nitrogens is 3. The van der Waals surface area contributed by atoms with Gasteiger partial charge in [-0.05, 0) is 24.3 Å². The highest BCUT2D eigenvalue weighted by Crippen LogP contribution is 2.28. The number of nitrogens with one attached hydrogen (secondary N) is 1. The van der Waals surface area contributed by atoms with Gasteiger partial charge in [-0.2, -0.15) is 5.10 Å². The van der Waals surface area contributed by atoms with Gasteiger partial charge in [0.15, 0.2) is 5.82 Å². The molecule has 3 aromatic rings. The smallest absolute Gasteiger partial charge is 0.151 e. The highest BCUT2D eigenvalue weighted by atomic mass is 16.5. The van der Waals surface area contributed by atoms with Crippen molar-refractivity contribution in [3.8, 4) is 5.75 Å². The van der Waals surface area contributed by atoms with Crippen LogP contribution in [-0.4, -0.2) is 41.0 Å². The molecule has 0 aliphatic carbocycles.